The second-order valence-electron chi connectivity index (χ2n) is 5.30. The van der Waals surface area contributed by atoms with Crippen molar-refractivity contribution < 1.29 is 9.50 Å². The van der Waals surface area contributed by atoms with E-state index in [0.717, 1.165) is 42.4 Å². The van der Waals surface area contributed by atoms with E-state index in [-0.39, 0.29) is 11.6 Å². The van der Waals surface area contributed by atoms with Gasteiger partial charge >= 0.3 is 0 Å². The van der Waals surface area contributed by atoms with E-state index in [2.05, 4.69) is 9.80 Å². The molecular weight excluding hydrogens is 299 g/mol. The minimum absolute atomic E-state index is 0.212. The van der Waals surface area contributed by atoms with E-state index in [1.165, 1.54) is 12.1 Å². The summed E-state index contributed by atoms with van der Waals surface area (Å²) >= 11 is 5.53. The van der Waals surface area contributed by atoms with Gasteiger partial charge in [-0.05, 0) is 48.5 Å². The lowest BCUT2D eigenvalue weighted by Gasteiger charge is -2.37. The second kappa shape index (κ2) is 6.32. The number of hydrogen-bond donors (Lipinski definition) is 1. The zero-order valence-electron chi connectivity index (χ0n) is 12.1. The lowest BCUT2D eigenvalue weighted by molar-refractivity contribution is 0.392. The van der Waals surface area contributed by atoms with Crippen molar-refractivity contribution in [1.82, 2.24) is 4.90 Å². The van der Waals surface area contributed by atoms with Gasteiger partial charge < -0.3 is 14.9 Å². The molecule has 1 heterocycles. The molecule has 5 heteroatoms. The number of aromatic hydroxyl groups is 1. The zero-order valence-corrected chi connectivity index (χ0v) is 12.9. The van der Waals surface area contributed by atoms with E-state index in [9.17, 15) is 9.50 Å². The van der Waals surface area contributed by atoms with Gasteiger partial charge in [0.05, 0.1) is 0 Å². The van der Waals surface area contributed by atoms with Gasteiger partial charge in [-0.2, -0.15) is 0 Å². The predicted molar refractivity (Wildman–Crippen MR) is 90.0 cm³/mol. The fraction of sp³-hybridized carbons (Fsp3) is 0.235. The number of anilines is 1. The molecule has 0 spiro atoms. The first kappa shape index (κ1) is 14.8. The van der Waals surface area contributed by atoms with Crippen LogP contribution in [-0.4, -0.2) is 41.2 Å². The molecule has 0 saturated carbocycles. The van der Waals surface area contributed by atoms with E-state index in [0.29, 0.717) is 0 Å². The maximum atomic E-state index is 13.0. The standard InChI is InChI=1S/C17H17FN2OS/c18-14-3-5-15(6-4-14)19-9-11-20(12-10-19)17(22)13-1-7-16(21)8-2-13/h1-8,21H,9-12H2. The van der Waals surface area contributed by atoms with Crippen LogP contribution in [0.3, 0.4) is 0 Å². The normalized spacial score (nSPS) is 15.0. The molecule has 0 aromatic heterocycles. The average molecular weight is 316 g/mol. The van der Waals surface area contributed by atoms with Gasteiger partial charge in [0, 0.05) is 37.4 Å². The van der Waals surface area contributed by atoms with E-state index >= 15 is 0 Å². The van der Waals surface area contributed by atoms with E-state index in [1.54, 1.807) is 12.1 Å². The molecule has 0 atom stereocenters. The van der Waals surface area contributed by atoms with E-state index in [1.807, 2.05) is 24.3 Å². The minimum Gasteiger partial charge on any atom is -0.508 e. The molecule has 3 rings (SSSR count). The number of phenolic OH excluding ortho intramolecular Hbond substituents is 1. The lowest BCUT2D eigenvalue weighted by atomic mass is 10.2. The fourth-order valence-electron chi connectivity index (χ4n) is 2.61. The highest BCUT2D eigenvalue weighted by Gasteiger charge is 2.20. The van der Waals surface area contributed by atoms with E-state index < -0.39 is 0 Å². The number of nitrogens with zero attached hydrogens (tertiary/aromatic N) is 2. The molecule has 2 aromatic carbocycles. The molecule has 0 unspecified atom stereocenters. The summed E-state index contributed by atoms with van der Waals surface area (Å²) in [5, 5.41) is 9.34. The molecule has 114 valence electrons. The molecule has 1 aliphatic rings. The Bertz CT molecular complexity index is 649. The third kappa shape index (κ3) is 3.20. The molecule has 0 radical (unpaired) electrons. The van der Waals surface area contributed by atoms with Crippen molar-refractivity contribution in [1.29, 1.82) is 0 Å². The minimum atomic E-state index is -0.212. The predicted octanol–water partition coefficient (Wildman–Crippen LogP) is 3.03. The SMILES string of the molecule is Oc1ccc(C(=S)N2CCN(c3ccc(F)cc3)CC2)cc1. The zero-order chi connectivity index (χ0) is 15.5. The molecule has 3 nitrogen and oxygen atoms in total. The summed E-state index contributed by atoms with van der Waals surface area (Å²) in [5.41, 5.74) is 1.99. The summed E-state index contributed by atoms with van der Waals surface area (Å²) in [6, 6.07) is 13.6. The van der Waals surface area contributed by atoms with Gasteiger partial charge in [-0.15, -0.1) is 0 Å². The first-order valence-corrected chi connectivity index (χ1v) is 7.63. The largest absolute Gasteiger partial charge is 0.508 e. The van der Waals surface area contributed by atoms with Gasteiger partial charge in [-0.25, -0.2) is 4.39 Å². The Morgan fingerprint density at radius 3 is 2.09 bits per heavy atom. The van der Waals surface area contributed by atoms with Crippen LogP contribution >= 0.6 is 12.2 Å². The number of piperazine rings is 1. The molecule has 1 saturated heterocycles. The third-order valence-corrected chi connectivity index (χ3v) is 4.37. The Morgan fingerprint density at radius 2 is 1.50 bits per heavy atom. The van der Waals surface area contributed by atoms with Crippen molar-refractivity contribution in [3.8, 4) is 5.75 Å². The molecule has 1 N–H and O–H groups in total. The summed E-state index contributed by atoms with van der Waals surface area (Å²) in [6.07, 6.45) is 0. The van der Waals surface area contributed by atoms with Gasteiger partial charge in [0.15, 0.2) is 0 Å². The quantitative estimate of drug-likeness (QED) is 0.862. The molecule has 0 aliphatic carbocycles. The second-order valence-corrected chi connectivity index (χ2v) is 5.69. The average Bonchev–Trinajstić information content (AvgIpc) is 2.56. The molecule has 0 amide bonds. The number of benzene rings is 2. The number of hydrogen-bond acceptors (Lipinski definition) is 3. The molecule has 22 heavy (non-hydrogen) atoms. The van der Waals surface area contributed by atoms with Crippen LogP contribution in [0.15, 0.2) is 48.5 Å². The Morgan fingerprint density at radius 1 is 0.909 bits per heavy atom. The van der Waals surface area contributed by atoms with Gasteiger partial charge in [-0.1, -0.05) is 12.2 Å². The summed E-state index contributed by atoms with van der Waals surface area (Å²) in [7, 11) is 0. The fourth-order valence-corrected chi connectivity index (χ4v) is 2.92. The van der Waals surface area contributed by atoms with Crippen molar-refractivity contribution in [2.24, 2.45) is 0 Å². The number of rotatable bonds is 2. The highest BCUT2D eigenvalue weighted by Crippen LogP contribution is 2.19. The van der Waals surface area contributed by atoms with Crippen LogP contribution in [0.25, 0.3) is 0 Å². The van der Waals surface area contributed by atoms with Crippen molar-refractivity contribution in [3.05, 3.63) is 59.9 Å². The summed E-state index contributed by atoms with van der Waals surface area (Å²) < 4.78 is 13.0. The summed E-state index contributed by atoms with van der Waals surface area (Å²) in [6.45, 7) is 3.36. The topological polar surface area (TPSA) is 26.7 Å². The van der Waals surface area contributed by atoms with Crippen LogP contribution in [0.2, 0.25) is 0 Å². The van der Waals surface area contributed by atoms with Crippen LogP contribution in [0, 0.1) is 5.82 Å². The van der Waals surface area contributed by atoms with Crippen LogP contribution in [0.5, 0.6) is 5.75 Å². The van der Waals surface area contributed by atoms with E-state index in [4.69, 9.17) is 12.2 Å². The molecular formula is C17H17FN2OS. The summed E-state index contributed by atoms with van der Waals surface area (Å²) in [4.78, 5) is 5.20. The van der Waals surface area contributed by atoms with Crippen molar-refractivity contribution >= 4 is 22.9 Å². The van der Waals surface area contributed by atoms with Crippen LogP contribution in [0.1, 0.15) is 5.56 Å². The van der Waals surface area contributed by atoms with Crippen LogP contribution < -0.4 is 4.90 Å². The Labute approximate surface area is 134 Å². The maximum absolute atomic E-state index is 13.0. The highest BCUT2D eigenvalue weighted by atomic mass is 32.1. The Kier molecular flexibility index (Phi) is 4.24. The monoisotopic (exact) mass is 316 g/mol. The third-order valence-electron chi connectivity index (χ3n) is 3.87. The van der Waals surface area contributed by atoms with Gasteiger partial charge in [0.25, 0.3) is 0 Å². The smallest absolute Gasteiger partial charge is 0.123 e. The van der Waals surface area contributed by atoms with Gasteiger partial charge in [-0.3, -0.25) is 0 Å². The van der Waals surface area contributed by atoms with Crippen LogP contribution in [0.4, 0.5) is 10.1 Å². The summed E-state index contributed by atoms with van der Waals surface area (Å²) in [5.74, 6) is 0.0311. The number of halogens is 1. The Hall–Kier alpha value is -2.14. The molecule has 2 aromatic rings. The van der Waals surface area contributed by atoms with Gasteiger partial charge in [0.2, 0.25) is 0 Å². The lowest BCUT2D eigenvalue weighted by Crippen LogP contribution is -2.48. The van der Waals surface area contributed by atoms with Crippen molar-refractivity contribution in [2.75, 3.05) is 31.1 Å². The first-order valence-electron chi connectivity index (χ1n) is 7.22. The maximum Gasteiger partial charge on any atom is 0.123 e. The molecule has 1 fully saturated rings. The van der Waals surface area contributed by atoms with Crippen molar-refractivity contribution in [2.45, 2.75) is 0 Å². The highest BCUT2D eigenvalue weighted by molar-refractivity contribution is 7.80. The molecule has 1 aliphatic heterocycles. The number of phenols is 1. The first-order chi connectivity index (χ1) is 10.6. The number of thiocarbonyl (C=S) groups is 1. The van der Waals surface area contributed by atoms with Crippen molar-refractivity contribution in [3.63, 3.8) is 0 Å². The van der Waals surface area contributed by atoms with Crippen LogP contribution in [-0.2, 0) is 0 Å². The van der Waals surface area contributed by atoms with Gasteiger partial charge in [0.1, 0.15) is 16.6 Å². The molecule has 0 bridgehead atoms. The Balaban J connectivity index is 1.62.